The molecule has 0 amide bonds. The van der Waals surface area contributed by atoms with Crippen molar-refractivity contribution < 1.29 is 9.59 Å². The molecular formula is C22H13NO2S. The van der Waals surface area contributed by atoms with Gasteiger partial charge in [-0.15, -0.1) is 0 Å². The molecule has 26 heavy (non-hydrogen) atoms. The van der Waals surface area contributed by atoms with Gasteiger partial charge in [0.1, 0.15) is 0 Å². The molecule has 5 rings (SSSR count). The summed E-state index contributed by atoms with van der Waals surface area (Å²) in [6, 6.07) is 22.9. The number of carbonyl (C=O) groups is 2. The third kappa shape index (κ3) is 2.16. The minimum Gasteiger partial charge on any atom is -0.304 e. The SMILES string of the molecule is O=C1C=C(N2c3ccccc3Sc3ccccc32)C(=O)c2ccccc21. The van der Waals surface area contributed by atoms with Crippen LogP contribution in [0.2, 0.25) is 0 Å². The Morgan fingerprint density at radius 1 is 0.654 bits per heavy atom. The van der Waals surface area contributed by atoms with Gasteiger partial charge in [-0.05, 0) is 24.3 Å². The third-order valence-electron chi connectivity index (χ3n) is 4.61. The highest BCUT2D eigenvalue weighted by atomic mass is 32.2. The molecule has 0 aromatic heterocycles. The van der Waals surface area contributed by atoms with Crippen molar-refractivity contribution >= 4 is 34.7 Å². The summed E-state index contributed by atoms with van der Waals surface area (Å²) in [5, 5.41) is 0. The second kappa shape index (κ2) is 5.71. The van der Waals surface area contributed by atoms with Gasteiger partial charge < -0.3 is 4.90 Å². The van der Waals surface area contributed by atoms with Crippen LogP contribution in [0.25, 0.3) is 0 Å². The van der Waals surface area contributed by atoms with Crippen LogP contribution in [0.1, 0.15) is 20.7 Å². The van der Waals surface area contributed by atoms with E-state index in [1.54, 1.807) is 36.0 Å². The number of fused-ring (bicyclic) bond motifs is 3. The van der Waals surface area contributed by atoms with Crippen LogP contribution in [0.4, 0.5) is 11.4 Å². The maximum absolute atomic E-state index is 13.2. The molecule has 0 radical (unpaired) electrons. The number of hydrogen-bond acceptors (Lipinski definition) is 4. The van der Waals surface area contributed by atoms with Gasteiger partial charge in [0.2, 0.25) is 5.78 Å². The summed E-state index contributed by atoms with van der Waals surface area (Å²) >= 11 is 1.67. The predicted octanol–water partition coefficient (Wildman–Crippen LogP) is 5.25. The van der Waals surface area contributed by atoms with E-state index in [-0.39, 0.29) is 11.6 Å². The second-order valence-electron chi connectivity index (χ2n) is 6.14. The van der Waals surface area contributed by atoms with Gasteiger partial charge in [0.15, 0.2) is 5.78 Å². The third-order valence-corrected chi connectivity index (χ3v) is 5.74. The first-order chi connectivity index (χ1) is 12.7. The lowest BCUT2D eigenvalue weighted by Gasteiger charge is -2.34. The fraction of sp³-hybridized carbons (Fsp3) is 0. The van der Waals surface area contributed by atoms with Crippen LogP contribution in [-0.4, -0.2) is 11.6 Å². The Labute approximate surface area is 155 Å². The van der Waals surface area contributed by atoms with E-state index in [4.69, 9.17) is 0 Å². The number of Topliss-reactive ketones (excluding diaryl/α,β-unsaturated/α-hetero) is 1. The number of carbonyl (C=O) groups excluding carboxylic acids is 2. The van der Waals surface area contributed by atoms with E-state index in [0.717, 1.165) is 21.2 Å². The van der Waals surface area contributed by atoms with Crippen molar-refractivity contribution in [1.29, 1.82) is 0 Å². The molecule has 3 aromatic rings. The van der Waals surface area contributed by atoms with Crippen molar-refractivity contribution in [3.63, 3.8) is 0 Å². The summed E-state index contributed by atoms with van der Waals surface area (Å²) in [6.07, 6.45) is 1.47. The number of para-hydroxylation sites is 2. The Morgan fingerprint density at radius 3 is 1.85 bits per heavy atom. The van der Waals surface area contributed by atoms with E-state index in [2.05, 4.69) is 0 Å². The highest BCUT2D eigenvalue weighted by Crippen LogP contribution is 2.50. The molecule has 1 aliphatic heterocycles. The Balaban J connectivity index is 1.74. The van der Waals surface area contributed by atoms with Gasteiger partial charge in [0.25, 0.3) is 0 Å². The second-order valence-corrected chi connectivity index (χ2v) is 7.23. The van der Waals surface area contributed by atoms with Crippen LogP contribution in [0, 0.1) is 0 Å². The first kappa shape index (κ1) is 15.2. The van der Waals surface area contributed by atoms with Crippen molar-refractivity contribution in [3.8, 4) is 0 Å². The Kier molecular flexibility index (Phi) is 3.33. The lowest BCUT2D eigenvalue weighted by molar-refractivity contribution is 0.0983. The average molecular weight is 355 g/mol. The summed E-state index contributed by atoms with van der Waals surface area (Å²) in [5.41, 5.74) is 3.16. The van der Waals surface area contributed by atoms with Crippen LogP contribution >= 0.6 is 11.8 Å². The average Bonchev–Trinajstić information content (AvgIpc) is 2.69. The summed E-state index contributed by atoms with van der Waals surface area (Å²) in [4.78, 5) is 29.9. The van der Waals surface area contributed by atoms with E-state index in [1.807, 2.05) is 53.4 Å². The van der Waals surface area contributed by atoms with Crippen LogP contribution in [0.5, 0.6) is 0 Å². The number of benzene rings is 3. The van der Waals surface area contributed by atoms with E-state index >= 15 is 0 Å². The van der Waals surface area contributed by atoms with Crippen LogP contribution in [0.15, 0.2) is 94.4 Å². The largest absolute Gasteiger partial charge is 0.304 e. The number of ketones is 2. The Morgan fingerprint density at radius 2 is 1.19 bits per heavy atom. The maximum atomic E-state index is 13.2. The summed E-state index contributed by atoms with van der Waals surface area (Å²) < 4.78 is 0. The molecule has 4 heteroatoms. The fourth-order valence-electron chi connectivity index (χ4n) is 3.43. The van der Waals surface area contributed by atoms with E-state index in [9.17, 15) is 9.59 Å². The lowest BCUT2D eigenvalue weighted by atomic mass is 9.91. The van der Waals surface area contributed by atoms with Gasteiger partial charge in [-0.3, -0.25) is 9.59 Å². The first-order valence-electron chi connectivity index (χ1n) is 8.30. The highest BCUT2D eigenvalue weighted by Gasteiger charge is 2.33. The molecule has 0 unspecified atom stereocenters. The molecule has 0 spiro atoms. The number of hydrogen-bond donors (Lipinski definition) is 0. The zero-order valence-electron chi connectivity index (χ0n) is 13.7. The van der Waals surface area contributed by atoms with E-state index in [1.165, 1.54) is 6.08 Å². The first-order valence-corrected chi connectivity index (χ1v) is 9.11. The van der Waals surface area contributed by atoms with Gasteiger partial charge >= 0.3 is 0 Å². The molecule has 0 saturated heterocycles. The molecule has 0 bridgehead atoms. The summed E-state index contributed by atoms with van der Waals surface area (Å²) in [5.74, 6) is -0.264. The van der Waals surface area contributed by atoms with Crippen molar-refractivity contribution in [3.05, 3.63) is 95.7 Å². The lowest BCUT2D eigenvalue weighted by Crippen LogP contribution is -2.30. The minimum absolute atomic E-state index is 0.128. The molecule has 0 fully saturated rings. The normalized spacial score (nSPS) is 15.1. The number of nitrogens with zero attached hydrogens (tertiary/aromatic N) is 1. The molecular weight excluding hydrogens is 342 g/mol. The summed E-state index contributed by atoms with van der Waals surface area (Å²) in [6.45, 7) is 0. The van der Waals surface area contributed by atoms with Gasteiger partial charge in [0.05, 0.1) is 17.1 Å². The molecule has 3 aromatic carbocycles. The van der Waals surface area contributed by atoms with E-state index < -0.39 is 0 Å². The number of rotatable bonds is 1. The standard InChI is InChI=1S/C22H13NO2S/c24-19-13-18(22(25)15-8-2-1-7-14(15)19)23-16-9-3-5-11-20(16)26-21-12-6-4-10-17(21)23/h1-13H. The molecule has 0 saturated carbocycles. The van der Waals surface area contributed by atoms with Gasteiger partial charge in [-0.1, -0.05) is 60.3 Å². The van der Waals surface area contributed by atoms with Gasteiger partial charge in [-0.2, -0.15) is 0 Å². The Hall–Kier alpha value is -3.11. The molecule has 0 atom stereocenters. The smallest absolute Gasteiger partial charge is 0.210 e. The molecule has 0 N–H and O–H groups in total. The van der Waals surface area contributed by atoms with Crippen molar-refractivity contribution in [1.82, 2.24) is 0 Å². The zero-order valence-corrected chi connectivity index (χ0v) is 14.5. The highest BCUT2D eigenvalue weighted by molar-refractivity contribution is 7.99. The van der Waals surface area contributed by atoms with Gasteiger partial charge in [0, 0.05) is 27.0 Å². The van der Waals surface area contributed by atoms with Crippen LogP contribution < -0.4 is 4.90 Å². The monoisotopic (exact) mass is 355 g/mol. The molecule has 3 nitrogen and oxygen atoms in total. The van der Waals surface area contributed by atoms with Crippen LogP contribution in [-0.2, 0) is 0 Å². The maximum Gasteiger partial charge on any atom is 0.210 e. The Bertz CT molecular complexity index is 1070. The number of allylic oxidation sites excluding steroid dienone is 2. The minimum atomic E-state index is -0.136. The topological polar surface area (TPSA) is 37.4 Å². The fourth-order valence-corrected chi connectivity index (χ4v) is 4.49. The zero-order chi connectivity index (χ0) is 17.7. The quantitative estimate of drug-likeness (QED) is 0.597. The predicted molar refractivity (Wildman–Crippen MR) is 102 cm³/mol. The summed E-state index contributed by atoms with van der Waals surface area (Å²) in [7, 11) is 0. The molecule has 124 valence electrons. The molecule has 1 aliphatic carbocycles. The molecule has 2 aliphatic rings. The van der Waals surface area contributed by atoms with Crippen molar-refractivity contribution in [2.24, 2.45) is 0 Å². The van der Waals surface area contributed by atoms with Crippen LogP contribution in [0.3, 0.4) is 0 Å². The van der Waals surface area contributed by atoms with Crippen molar-refractivity contribution in [2.75, 3.05) is 4.90 Å². The number of anilines is 2. The van der Waals surface area contributed by atoms with Crippen molar-refractivity contribution in [2.45, 2.75) is 9.79 Å². The van der Waals surface area contributed by atoms with E-state index in [0.29, 0.717) is 16.8 Å². The molecule has 1 heterocycles. The van der Waals surface area contributed by atoms with Gasteiger partial charge in [-0.25, -0.2) is 0 Å².